The summed E-state index contributed by atoms with van der Waals surface area (Å²) < 4.78 is 26.6. The summed E-state index contributed by atoms with van der Waals surface area (Å²) in [5.74, 6) is -1.33. The summed E-state index contributed by atoms with van der Waals surface area (Å²) in [4.78, 5) is 12.6. The van der Waals surface area contributed by atoms with Gasteiger partial charge in [-0.3, -0.25) is 9.68 Å². The summed E-state index contributed by atoms with van der Waals surface area (Å²) in [6.45, 7) is 31.5. The fourth-order valence-electron chi connectivity index (χ4n) is 7.56. The Morgan fingerprint density at radius 1 is 0.564 bits per heavy atom. The molecule has 2 atom stereocenters. The molecule has 4 rings (SSSR count). The highest BCUT2D eigenvalue weighted by Gasteiger charge is 2.61. The lowest BCUT2D eigenvalue weighted by Gasteiger charge is -2.62. The lowest BCUT2D eigenvalue weighted by Crippen LogP contribution is -2.71. The van der Waals surface area contributed by atoms with E-state index >= 15 is 0 Å². The van der Waals surface area contributed by atoms with Gasteiger partial charge in [0.25, 0.3) is 0 Å². The van der Waals surface area contributed by atoms with Crippen LogP contribution in [0, 0.1) is 5.41 Å². The SMILES string of the molecule is C=CC(C)ON1C(C)(C)CC2(CC1(C)C)OCC1(CO2)COC2(CC(C)(C)N(OC(C)C=C)C(C)(C)C2)OC1. The molecular weight excluding hydrogens is 496 g/mol. The number of ether oxygens (including phenoxy) is 4. The van der Waals surface area contributed by atoms with Crippen LogP contribution < -0.4 is 0 Å². The molecule has 224 valence electrons. The molecule has 4 aliphatic heterocycles. The van der Waals surface area contributed by atoms with Crippen LogP contribution in [0.4, 0.5) is 0 Å². The molecule has 0 aromatic heterocycles. The van der Waals surface area contributed by atoms with E-state index in [-0.39, 0.29) is 39.8 Å². The summed E-state index contributed by atoms with van der Waals surface area (Å²) in [7, 11) is 0. The lowest BCUT2D eigenvalue weighted by atomic mass is 9.75. The minimum Gasteiger partial charge on any atom is -0.349 e. The molecule has 0 aliphatic carbocycles. The molecule has 0 bridgehead atoms. The fraction of sp³-hybridized carbons (Fsp3) is 0.871. The zero-order chi connectivity index (χ0) is 29.1. The van der Waals surface area contributed by atoms with Crippen LogP contribution in [0.15, 0.2) is 25.3 Å². The van der Waals surface area contributed by atoms with Gasteiger partial charge in [-0.05, 0) is 69.2 Å². The average molecular weight is 551 g/mol. The van der Waals surface area contributed by atoms with E-state index in [0.717, 1.165) is 0 Å². The van der Waals surface area contributed by atoms with Gasteiger partial charge < -0.3 is 18.9 Å². The average Bonchev–Trinajstić information content (AvgIpc) is 2.81. The maximum atomic E-state index is 6.66. The van der Waals surface area contributed by atoms with Crippen LogP contribution in [0.1, 0.15) is 94.9 Å². The van der Waals surface area contributed by atoms with Crippen molar-refractivity contribution in [3.63, 3.8) is 0 Å². The quantitative estimate of drug-likeness (QED) is 0.386. The number of hydrogen-bond acceptors (Lipinski definition) is 8. The van der Waals surface area contributed by atoms with Gasteiger partial charge in [0.15, 0.2) is 11.6 Å². The van der Waals surface area contributed by atoms with E-state index in [0.29, 0.717) is 52.1 Å². The highest BCUT2D eigenvalue weighted by molar-refractivity contribution is 5.06. The topological polar surface area (TPSA) is 61.9 Å². The van der Waals surface area contributed by atoms with Crippen molar-refractivity contribution in [3.8, 4) is 0 Å². The van der Waals surface area contributed by atoms with E-state index in [1.807, 2.05) is 26.0 Å². The molecule has 2 unspecified atom stereocenters. The zero-order valence-electron chi connectivity index (χ0n) is 26.2. The minimum atomic E-state index is -0.667. The standard InChI is InChI=1S/C31H54N2O6/c1-13-23(3)38-32-25(5,6)15-30(16-26(32,7)8)34-19-29(20-35-30)21-36-31(37-22-29)17-27(9,10)33(28(11,12)18-31)39-24(4)14-2/h13-14,23-24H,1-2,15-22H2,3-12H3. The first-order valence-corrected chi connectivity index (χ1v) is 14.6. The van der Waals surface area contributed by atoms with Gasteiger partial charge in [-0.25, -0.2) is 0 Å². The Morgan fingerprint density at radius 3 is 1.05 bits per heavy atom. The van der Waals surface area contributed by atoms with E-state index in [1.54, 1.807) is 0 Å². The Balaban J connectivity index is 1.42. The maximum Gasteiger partial charge on any atom is 0.172 e. The molecule has 0 radical (unpaired) electrons. The zero-order valence-corrected chi connectivity index (χ0v) is 26.2. The first-order valence-electron chi connectivity index (χ1n) is 14.6. The third kappa shape index (κ3) is 6.05. The Hall–Kier alpha value is -0.840. The van der Waals surface area contributed by atoms with Crippen molar-refractivity contribution in [1.82, 2.24) is 10.1 Å². The molecule has 3 spiro atoms. The summed E-state index contributed by atoms with van der Waals surface area (Å²) >= 11 is 0. The number of nitrogens with zero attached hydrogens (tertiary/aromatic N) is 2. The van der Waals surface area contributed by atoms with E-state index in [9.17, 15) is 0 Å². The van der Waals surface area contributed by atoms with Gasteiger partial charge in [-0.1, -0.05) is 12.2 Å². The predicted octanol–water partition coefficient (Wildman–Crippen LogP) is 5.78. The maximum absolute atomic E-state index is 6.66. The van der Waals surface area contributed by atoms with Gasteiger partial charge >= 0.3 is 0 Å². The molecule has 4 fully saturated rings. The largest absolute Gasteiger partial charge is 0.349 e. The summed E-state index contributed by atoms with van der Waals surface area (Å²) in [5.41, 5.74) is -1.48. The third-order valence-corrected chi connectivity index (χ3v) is 8.78. The number of hydroxylamine groups is 4. The van der Waals surface area contributed by atoms with Gasteiger partial charge in [0.2, 0.25) is 0 Å². The van der Waals surface area contributed by atoms with Gasteiger partial charge in [-0.15, -0.1) is 13.2 Å². The second-order valence-electron chi connectivity index (χ2n) is 15.1. The van der Waals surface area contributed by atoms with Gasteiger partial charge in [0.05, 0.1) is 44.1 Å². The van der Waals surface area contributed by atoms with Crippen LogP contribution in [0.5, 0.6) is 0 Å². The fourth-order valence-corrected chi connectivity index (χ4v) is 7.56. The molecular formula is C31H54N2O6. The van der Waals surface area contributed by atoms with E-state index in [1.165, 1.54) is 0 Å². The molecule has 4 saturated heterocycles. The molecule has 0 N–H and O–H groups in total. The van der Waals surface area contributed by atoms with Crippen LogP contribution in [0.3, 0.4) is 0 Å². The Kier molecular flexibility index (Phi) is 8.10. The number of hydrogen-bond donors (Lipinski definition) is 0. The minimum absolute atomic E-state index is 0.0725. The molecule has 0 aromatic rings. The van der Waals surface area contributed by atoms with E-state index in [4.69, 9.17) is 28.6 Å². The Bertz CT molecular complexity index is 795. The van der Waals surface area contributed by atoms with Crippen molar-refractivity contribution in [2.75, 3.05) is 26.4 Å². The smallest absolute Gasteiger partial charge is 0.172 e. The molecule has 39 heavy (non-hydrogen) atoms. The molecule has 8 heteroatoms. The summed E-state index contributed by atoms with van der Waals surface area (Å²) in [6, 6.07) is 0. The Morgan fingerprint density at radius 2 is 0.821 bits per heavy atom. The van der Waals surface area contributed by atoms with Crippen molar-refractivity contribution in [2.45, 2.75) is 141 Å². The van der Waals surface area contributed by atoms with Crippen LogP contribution in [0.2, 0.25) is 0 Å². The van der Waals surface area contributed by atoms with E-state index < -0.39 is 11.6 Å². The second kappa shape index (κ2) is 10.2. The van der Waals surface area contributed by atoms with Crippen LogP contribution in [0.25, 0.3) is 0 Å². The number of rotatable bonds is 6. The van der Waals surface area contributed by atoms with Crippen molar-refractivity contribution < 1.29 is 28.6 Å². The predicted molar refractivity (Wildman–Crippen MR) is 152 cm³/mol. The third-order valence-electron chi connectivity index (χ3n) is 8.78. The van der Waals surface area contributed by atoms with E-state index in [2.05, 4.69) is 78.7 Å². The highest BCUT2D eigenvalue weighted by atomic mass is 16.7. The second-order valence-corrected chi connectivity index (χ2v) is 15.1. The molecule has 0 amide bonds. The van der Waals surface area contributed by atoms with Crippen molar-refractivity contribution in [3.05, 3.63) is 25.3 Å². The first-order chi connectivity index (χ1) is 17.8. The van der Waals surface area contributed by atoms with Crippen molar-refractivity contribution >= 4 is 0 Å². The molecule has 8 nitrogen and oxygen atoms in total. The van der Waals surface area contributed by atoms with Gasteiger partial charge in [-0.2, -0.15) is 10.1 Å². The molecule has 4 aliphatic rings. The van der Waals surface area contributed by atoms with Crippen molar-refractivity contribution in [1.29, 1.82) is 0 Å². The summed E-state index contributed by atoms with van der Waals surface area (Å²) in [6.07, 6.45) is 6.32. The molecule has 0 saturated carbocycles. The Labute approximate surface area is 236 Å². The van der Waals surface area contributed by atoms with Crippen LogP contribution in [-0.2, 0) is 28.6 Å². The van der Waals surface area contributed by atoms with Gasteiger partial charge in [0.1, 0.15) is 0 Å². The number of piperidine rings is 2. The lowest BCUT2D eigenvalue weighted by molar-refractivity contribution is -0.421. The van der Waals surface area contributed by atoms with Crippen LogP contribution in [-0.4, -0.2) is 82.5 Å². The first kappa shape index (κ1) is 31.1. The van der Waals surface area contributed by atoms with Gasteiger partial charge in [0, 0.05) is 47.8 Å². The molecule has 4 heterocycles. The highest BCUT2D eigenvalue weighted by Crippen LogP contribution is 2.52. The van der Waals surface area contributed by atoms with Crippen molar-refractivity contribution in [2.24, 2.45) is 5.41 Å². The summed E-state index contributed by atoms with van der Waals surface area (Å²) in [5, 5.41) is 4.22. The van der Waals surface area contributed by atoms with Crippen LogP contribution >= 0.6 is 0 Å². The molecule has 0 aromatic carbocycles. The normalized spacial score (nSPS) is 32.1. The monoisotopic (exact) mass is 550 g/mol.